The second-order valence-corrected chi connectivity index (χ2v) is 13.7. The molecule has 1 N–H and O–H groups in total. The normalized spacial score (nSPS) is 14.3. The largest absolute Gasteiger partial charge is 0.358 e. The predicted octanol–water partition coefficient (Wildman–Crippen LogP) is 12.6. The van der Waals surface area contributed by atoms with Crippen LogP contribution in [0, 0.1) is 0 Å². The molecule has 1 atom stereocenters. The lowest BCUT2D eigenvalue weighted by molar-refractivity contribution is 0.820. The topological polar surface area (TPSA) is 36.3 Å². The van der Waals surface area contributed by atoms with E-state index in [-0.39, 0.29) is 6.17 Å². The smallest absolute Gasteiger partial charge is 0.158 e. The minimum Gasteiger partial charge on any atom is -0.358 e. The first-order valence-electron chi connectivity index (χ1n) is 18.1. The number of nitrogens with one attached hydrogen (secondary N) is 1. The van der Waals surface area contributed by atoms with E-state index in [0.717, 1.165) is 45.5 Å². The van der Waals surface area contributed by atoms with Gasteiger partial charge in [-0.1, -0.05) is 115 Å². The van der Waals surface area contributed by atoms with E-state index in [2.05, 4.69) is 196 Å². The van der Waals surface area contributed by atoms with Crippen molar-refractivity contribution < 1.29 is 0 Å². The zero-order valence-corrected chi connectivity index (χ0v) is 28.8. The Kier molecular flexibility index (Phi) is 6.55. The van der Waals surface area contributed by atoms with Crippen molar-refractivity contribution in [1.29, 1.82) is 0 Å². The molecule has 0 aliphatic carbocycles. The van der Waals surface area contributed by atoms with E-state index in [0.29, 0.717) is 0 Å². The number of pyridine rings is 1. The van der Waals surface area contributed by atoms with Gasteiger partial charge in [0.25, 0.3) is 0 Å². The summed E-state index contributed by atoms with van der Waals surface area (Å²) in [4.78, 5) is 9.50. The van der Waals surface area contributed by atoms with Crippen LogP contribution in [0.25, 0.3) is 49.7 Å². The van der Waals surface area contributed by atoms with Gasteiger partial charge >= 0.3 is 0 Å². The third-order valence-corrected chi connectivity index (χ3v) is 10.7. The predicted molar refractivity (Wildman–Crippen MR) is 219 cm³/mol. The van der Waals surface area contributed by atoms with Gasteiger partial charge in [-0.15, -0.1) is 0 Å². The highest BCUT2D eigenvalue weighted by atomic mass is 15.4. The summed E-state index contributed by atoms with van der Waals surface area (Å²) in [5.74, 6) is 0.931. The zero-order valence-electron chi connectivity index (χ0n) is 28.8. The fraction of sp³-hybridized carbons (Fsp3) is 0.0208. The second kappa shape index (κ2) is 11.7. The van der Waals surface area contributed by atoms with Crippen LogP contribution < -0.4 is 15.1 Å². The van der Waals surface area contributed by atoms with Gasteiger partial charge in [0.1, 0.15) is 6.17 Å². The Morgan fingerprint density at radius 2 is 1.19 bits per heavy atom. The van der Waals surface area contributed by atoms with Crippen molar-refractivity contribution >= 4 is 55.9 Å². The van der Waals surface area contributed by atoms with Crippen LogP contribution in [0.1, 0.15) is 11.7 Å². The van der Waals surface area contributed by atoms with E-state index >= 15 is 0 Å². The first kappa shape index (κ1) is 29.6. The number of benzene rings is 7. The first-order chi connectivity index (χ1) is 26.3. The molecular weight excluding hydrogens is 647 g/mol. The summed E-state index contributed by atoms with van der Waals surface area (Å²) in [7, 11) is 0. The van der Waals surface area contributed by atoms with Crippen molar-refractivity contribution in [3.63, 3.8) is 0 Å². The van der Waals surface area contributed by atoms with Gasteiger partial charge in [0, 0.05) is 45.3 Å². The van der Waals surface area contributed by atoms with Crippen LogP contribution in [-0.4, -0.2) is 9.55 Å². The van der Waals surface area contributed by atoms with Crippen LogP contribution >= 0.6 is 0 Å². The molecule has 53 heavy (non-hydrogen) atoms. The molecule has 2 aromatic heterocycles. The van der Waals surface area contributed by atoms with Crippen molar-refractivity contribution in [3.05, 3.63) is 194 Å². The molecule has 0 bridgehead atoms. The Balaban J connectivity index is 1.10. The molecule has 250 valence electrons. The Morgan fingerprint density at radius 3 is 2.04 bits per heavy atom. The van der Waals surface area contributed by atoms with Gasteiger partial charge in [-0.3, -0.25) is 4.90 Å². The van der Waals surface area contributed by atoms with Gasteiger partial charge in [0.15, 0.2) is 5.82 Å². The summed E-state index contributed by atoms with van der Waals surface area (Å²) in [5.41, 5.74) is 13.8. The van der Waals surface area contributed by atoms with E-state index in [1.165, 1.54) is 44.1 Å². The van der Waals surface area contributed by atoms with Gasteiger partial charge in [0.2, 0.25) is 0 Å². The Bertz CT molecular complexity index is 2840. The van der Waals surface area contributed by atoms with Crippen molar-refractivity contribution in [3.8, 4) is 28.1 Å². The van der Waals surface area contributed by atoms with Crippen LogP contribution in [0.15, 0.2) is 188 Å². The van der Waals surface area contributed by atoms with Crippen molar-refractivity contribution in [2.75, 3.05) is 15.1 Å². The summed E-state index contributed by atoms with van der Waals surface area (Å²) in [6.45, 7) is 0. The molecule has 4 heterocycles. The minimum atomic E-state index is -0.0995. The van der Waals surface area contributed by atoms with Crippen molar-refractivity contribution in [2.45, 2.75) is 6.17 Å². The Hall–Kier alpha value is -7.11. The highest BCUT2D eigenvalue weighted by Crippen LogP contribution is 2.54. The molecule has 9 aromatic rings. The van der Waals surface area contributed by atoms with Crippen molar-refractivity contribution in [1.82, 2.24) is 9.55 Å². The van der Waals surface area contributed by atoms with Crippen LogP contribution in [-0.2, 0) is 0 Å². The maximum atomic E-state index is 4.78. The summed E-state index contributed by atoms with van der Waals surface area (Å²) in [6, 6.07) is 65.6. The summed E-state index contributed by atoms with van der Waals surface area (Å²) >= 11 is 0. The Labute approximate surface area is 307 Å². The van der Waals surface area contributed by atoms with Crippen LogP contribution in [0.4, 0.5) is 34.3 Å². The fourth-order valence-corrected chi connectivity index (χ4v) is 8.44. The highest BCUT2D eigenvalue weighted by Gasteiger charge is 2.34. The number of anilines is 6. The average Bonchev–Trinajstić information content (AvgIpc) is 3.75. The molecule has 2 aliphatic heterocycles. The highest BCUT2D eigenvalue weighted by molar-refractivity contribution is 6.13. The van der Waals surface area contributed by atoms with E-state index in [4.69, 9.17) is 4.98 Å². The zero-order chi connectivity index (χ0) is 34.9. The molecule has 0 radical (unpaired) electrons. The monoisotopic (exact) mass is 679 g/mol. The summed E-state index contributed by atoms with van der Waals surface area (Å²) < 4.78 is 2.47. The molecule has 0 spiro atoms. The van der Waals surface area contributed by atoms with E-state index < -0.39 is 0 Å². The molecule has 2 aliphatic rings. The molecule has 11 rings (SSSR count). The number of rotatable bonds is 4. The number of fused-ring (bicyclic) bond motifs is 9. The van der Waals surface area contributed by atoms with Gasteiger partial charge in [-0.25, -0.2) is 4.98 Å². The molecular formula is C48H33N5. The number of nitrogens with zero attached hydrogens (tertiary/aromatic N) is 4. The van der Waals surface area contributed by atoms with Gasteiger partial charge < -0.3 is 14.8 Å². The van der Waals surface area contributed by atoms with Crippen molar-refractivity contribution in [2.24, 2.45) is 0 Å². The van der Waals surface area contributed by atoms with Gasteiger partial charge in [-0.05, 0) is 83.1 Å². The lowest BCUT2D eigenvalue weighted by Crippen LogP contribution is -2.23. The molecule has 1 unspecified atom stereocenters. The third kappa shape index (κ3) is 4.54. The minimum absolute atomic E-state index is 0.0995. The van der Waals surface area contributed by atoms with Crippen LogP contribution in [0.3, 0.4) is 0 Å². The number of hydrogen-bond donors (Lipinski definition) is 1. The van der Waals surface area contributed by atoms with E-state index in [1.807, 2.05) is 12.3 Å². The standard InChI is InChI=1S/C48H33N5/c1-2-15-35(16-3-1)53-47(50-41-20-12-30-49-48(41)53)33-25-27-36(28-26-33)51-42-21-9-6-17-38(42)45-39-18-7-10-22-43(39)52(46(45)40-19-8-11-23-44(40)51)37-29-24-32-13-4-5-14-34(32)31-37/h1-31,47,50H. The maximum Gasteiger partial charge on any atom is 0.158 e. The maximum absolute atomic E-state index is 4.78. The molecule has 5 nitrogen and oxygen atoms in total. The molecule has 0 saturated heterocycles. The summed E-state index contributed by atoms with van der Waals surface area (Å²) in [5, 5.41) is 7.44. The SMILES string of the molecule is c1ccc(N2c3ncccc3NC2c2ccc(N3c4ccccc4-c4c(n(-c5ccc6ccccc6c5)c5ccccc45)-c4ccccc43)cc2)cc1. The van der Waals surface area contributed by atoms with Gasteiger partial charge in [0.05, 0.1) is 28.3 Å². The molecule has 0 fully saturated rings. The van der Waals surface area contributed by atoms with E-state index in [1.54, 1.807) is 0 Å². The van der Waals surface area contributed by atoms with Gasteiger partial charge in [-0.2, -0.15) is 0 Å². The van der Waals surface area contributed by atoms with Crippen LogP contribution in [0.5, 0.6) is 0 Å². The first-order valence-corrected chi connectivity index (χ1v) is 18.1. The molecule has 0 amide bonds. The molecule has 0 saturated carbocycles. The number of para-hydroxylation sites is 4. The lowest BCUT2D eigenvalue weighted by atomic mass is 9.98. The lowest BCUT2D eigenvalue weighted by Gasteiger charge is -2.29. The number of aromatic nitrogens is 2. The quantitative estimate of drug-likeness (QED) is 0.201. The third-order valence-electron chi connectivity index (χ3n) is 10.7. The average molecular weight is 680 g/mol. The van der Waals surface area contributed by atoms with Crippen LogP contribution in [0.2, 0.25) is 0 Å². The summed E-state index contributed by atoms with van der Waals surface area (Å²) in [6.07, 6.45) is 1.76. The fourth-order valence-electron chi connectivity index (χ4n) is 8.44. The second-order valence-electron chi connectivity index (χ2n) is 13.7. The van der Waals surface area contributed by atoms with E-state index in [9.17, 15) is 0 Å². The number of hydrogen-bond acceptors (Lipinski definition) is 4. The molecule has 5 heteroatoms. The Morgan fingerprint density at radius 1 is 0.509 bits per heavy atom. The molecule has 7 aromatic carbocycles.